The summed E-state index contributed by atoms with van der Waals surface area (Å²) in [5.41, 5.74) is 0.736. The molecule has 2 aliphatic rings. The SMILES string of the molecule is CC(=O)C1CCC(C(C)CNC(=O)C2(c3ccc(Cl)cc3)CC2)CC1. The molecule has 0 aliphatic heterocycles. The number of hydrogen-bond acceptors (Lipinski definition) is 2. The van der Waals surface area contributed by atoms with E-state index in [1.54, 1.807) is 6.92 Å². The van der Waals surface area contributed by atoms with Crippen LogP contribution in [0.1, 0.15) is 57.9 Å². The van der Waals surface area contributed by atoms with Gasteiger partial charge in [0.25, 0.3) is 0 Å². The fraction of sp³-hybridized carbons (Fsp3) is 0.619. The molecule has 25 heavy (non-hydrogen) atoms. The average molecular weight is 362 g/mol. The summed E-state index contributed by atoms with van der Waals surface area (Å²) >= 11 is 5.96. The second-order valence-corrected chi connectivity index (χ2v) is 8.44. The van der Waals surface area contributed by atoms with Crippen molar-refractivity contribution in [1.29, 1.82) is 0 Å². The molecule has 1 N–H and O–H groups in total. The Morgan fingerprint density at radius 3 is 2.28 bits per heavy atom. The number of rotatable bonds is 6. The van der Waals surface area contributed by atoms with Crippen LogP contribution >= 0.6 is 11.6 Å². The molecule has 1 atom stereocenters. The topological polar surface area (TPSA) is 46.2 Å². The van der Waals surface area contributed by atoms with Gasteiger partial charge in [-0.2, -0.15) is 0 Å². The second kappa shape index (κ2) is 7.49. The van der Waals surface area contributed by atoms with Crippen LogP contribution in [0, 0.1) is 17.8 Å². The molecule has 0 bridgehead atoms. The third-order valence-electron chi connectivity index (χ3n) is 6.32. The molecule has 1 aromatic rings. The van der Waals surface area contributed by atoms with Gasteiger partial charge in [0.1, 0.15) is 5.78 Å². The van der Waals surface area contributed by atoms with E-state index in [9.17, 15) is 9.59 Å². The molecule has 2 fully saturated rings. The fourth-order valence-electron chi connectivity index (χ4n) is 4.23. The van der Waals surface area contributed by atoms with E-state index >= 15 is 0 Å². The maximum atomic E-state index is 12.8. The Morgan fingerprint density at radius 1 is 1.16 bits per heavy atom. The van der Waals surface area contributed by atoms with Crippen molar-refractivity contribution in [3.05, 3.63) is 34.9 Å². The molecule has 4 heteroatoms. The van der Waals surface area contributed by atoms with Crippen molar-refractivity contribution < 1.29 is 9.59 Å². The van der Waals surface area contributed by atoms with Crippen LogP contribution in [-0.2, 0) is 15.0 Å². The molecule has 136 valence electrons. The lowest BCUT2D eigenvalue weighted by Crippen LogP contribution is -2.39. The summed E-state index contributed by atoms with van der Waals surface area (Å²) in [7, 11) is 0. The summed E-state index contributed by atoms with van der Waals surface area (Å²) in [6, 6.07) is 7.67. The largest absolute Gasteiger partial charge is 0.355 e. The highest BCUT2D eigenvalue weighted by atomic mass is 35.5. The van der Waals surface area contributed by atoms with Crippen molar-refractivity contribution in [2.24, 2.45) is 17.8 Å². The highest BCUT2D eigenvalue weighted by Crippen LogP contribution is 2.48. The van der Waals surface area contributed by atoms with Gasteiger partial charge in [-0.1, -0.05) is 30.7 Å². The number of ketones is 1. The van der Waals surface area contributed by atoms with Gasteiger partial charge in [0.2, 0.25) is 5.91 Å². The van der Waals surface area contributed by atoms with E-state index in [4.69, 9.17) is 11.6 Å². The molecule has 0 radical (unpaired) electrons. The number of hydrogen-bond donors (Lipinski definition) is 1. The lowest BCUT2D eigenvalue weighted by atomic mass is 9.75. The van der Waals surface area contributed by atoms with Crippen molar-refractivity contribution in [3.63, 3.8) is 0 Å². The van der Waals surface area contributed by atoms with E-state index in [0.29, 0.717) is 22.6 Å². The molecular weight excluding hydrogens is 334 g/mol. The van der Waals surface area contributed by atoms with Crippen LogP contribution in [0.2, 0.25) is 5.02 Å². The Labute approximate surface area is 155 Å². The lowest BCUT2D eigenvalue weighted by Gasteiger charge is -2.31. The Hall–Kier alpha value is -1.35. The number of carbonyl (C=O) groups excluding carboxylic acids is 2. The smallest absolute Gasteiger partial charge is 0.230 e. The van der Waals surface area contributed by atoms with Crippen molar-refractivity contribution in [3.8, 4) is 0 Å². The predicted octanol–water partition coefficient (Wildman–Crippen LogP) is 4.52. The summed E-state index contributed by atoms with van der Waals surface area (Å²) in [6.45, 7) is 4.66. The molecule has 1 unspecified atom stereocenters. The quantitative estimate of drug-likeness (QED) is 0.809. The minimum absolute atomic E-state index is 0.152. The van der Waals surface area contributed by atoms with Gasteiger partial charge in [0, 0.05) is 17.5 Å². The first-order valence-corrected chi connectivity index (χ1v) is 9.85. The standard InChI is InChI=1S/C21H28ClNO2/c1-14(16-3-5-17(6-4-16)15(2)24)13-23-20(25)21(11-12-21)18-7-9-19(22)10-8-18/h7-10,14,16-17H,3-6,11-13H2,1-2H3,(H,23,25). The van der Waals surface area contributed by atoms with E-state index in [1.807, 2.05) is 24.3 Å². The van der Waals surface area contributed by atoms with Gasteiger partial charge in [0.15, 0.2) is 0 Å². The van der Waals surface area contributed by atoms with Crippen LogP contribution in [0.15, 0.2) is 24.3 Å². The minimum atomic E-state index is -0.337. The molecule has 1 aromatic carbocycles. The van der Waals surface area contributed by atoms with Gasteiger partial charge in [0.05, 0.1) is 5.41 Å². The number of halogens is 1. The first-order valence-electron chi connectivity index (χ1n) is 9.47. The van der Waals surface area contributed by atoms with Crippen molar-refractivity contribution in [2.75, 3.05) is 6.54 Å². The maximum absolute atomic E-state index is 12.8. The zero-order valence-corrected chi connectivity index (χ0v) is 15.9. The lowest BCUT2D eigenvalue weighted by molar-refractivity contribution is -0.123. The highest BCUT2D eigenvalue weighted by molar-refractivity contribution is 6.30. The molecule has 1 amide bonds. The summed E-state index contributed by atoms with van der Waals surface area (Å²) in [4.78, 5) is 24.3. The summed E-state index contributed by atoms with van der Waals surface area (Å²) in [6.07, 6.45) is 6.05. The minimum Gasteiger partial charge on any atom is -0.355 e. The first-order chi connectivity index (χ1) is 11.9. The van der Waals surface area contributed by atoms with Crippen molar-refractivity contribution >= 4 is 23.3 Å². The van der Waals surface area contributed by atoms with Crippen LogP contribution in [-0.4, -0.2) is 18.2 Å². The zero-order chi connectivity index (χ0) is 18.0. The molecule has 3 rings (SSSR count). The Bertz CT molecular complexity index is 628. The van der Waals surface area contributed by atoms with E-state index in [1.165, 1.54) is 0 Å². The maximum Gasteiger partial charge on any atom is 0.230 e. The number of amides is 1. The molecule has 0 aromatic heterocycles. The number of carbonyl (C=O) groups is 2. The average Bonchev–Trinajstić information content (AvgIpc) is 3.42. The molecule has 0 spiro atoms. The second-order valence-electron chi connectivity index (χ2n) is 8.00. The fourth-order valence-corrected chi connectivity index (χ4v) is 4.35. The van der Waals surface area contributed by atoms with Crippen LogP contribution in [0.3, 0.4) is 0 Å². The van der Waals surface area contributed by atoms with Gasteiger partial charge in [-0.25, -0.2) is 0 Å². The van der Waals surface area contributed by atoms with Crippen molar-refractivity contribution in [2.45, 2.75) is 57.8 Å². The van der Waals surface area contributed by atoms with E-state index in [-0.39, 0.29) is 17.2 Å². The monoisotopic (exact) mass is 361 g/mol. The van der Waals surface area contributed by atoms with Crippen LogP contribution < -0.4 is 5.32 Å². The summed E-state index contributed by atoms with van der Waals surface area (Å²) < 4.78 is 0. The zero-order valence-electron chi connectivity index (χ0n) is 15.2. The first kappa shape index (κ1) is 18.4. The molecule has 3 nitrogen and oxygen atoms in total. The Balaban J connectivity index is 1.51. The van der Waals surface area contributed by atoms with E-state index < -0.39 is 0 Å². The Morgan fingerprint density at radius 2 is 1.76 bits per heavy atom. The number of benzene rings is 1. The Kier molecular flexibility index (Phi) is 5.52. The van der Waals surface area contributed by atoms with Crippen LogP contribution in [0.5, 0.6) is 0 Å². The van der Waals surface area contributed by atoms with Gasteiger partial charge in [-0.05, 0) is 75.0 Å². The predicted molar refractivity (Wildman–Crippen MR) is 101 cm³/mol. The molecule has 0 heterocycles. The number of Topliss-reactive ketones (excluding diaryl/α,β-unsaturated/α-hetero) is 1. The van der Waals surface area contributed by atoms with Gasteiger partial charge in [-0.3, -0.25) is 9.59 Å². The molecule has 2 saturated carbocycles. The van der Waals surface area contributed by atoms with Gasteiger partial charge in [-0.15, -0.1) is 0 Å². The summed E-state index contributed by atoms with van der Waals surface area (Å²) in [5, 5.41) is 3.89. The normalized spacial score (nSPS) is 25.9. The van der Waals surface area contributed by atoms with Crippen molar-refractivity contribution in [1.82, 2.24) is 5.32 Å². The van der Waals surface area contributed by atoms with Crippen LogP contribution in [0.4, 0.5) is 0 Å². The van der Waals surface area contributed by atoms with Gasteiger partial charge < -0.3 is 5.32 Å². The molecular formula is C21H28ClNO2. The third kappa shape index (κ3) is 4.08. The number of nitrogens with one attached hydrogen (secondary N) is 1. The molecule has 0 saturated heterocycles. The molecule has 2 aliphatic carbocycles. The summed E-state index contributed by atoms with van der Waals surface area (Å²) in [5.74, 6) is 1.81. The van der Waals surface area contributed by atoms with E-state index in [0.717, 1.165) is 50.6 Å². The van der Waals surface area contributed by atoms with E-state index in [2.05, 4.69) is 12.2 Å². The third-order valence-corrected chi connectivity index (χ3v) is 6.57. The van der Waals surface area contributed by atoms with Crippen LogP contribution in [0.25, 0.3) is 0 Å². The van der Waals surface area contributed by atoms with Gasteiger partial charge >= 0.3 is 0 Å². The highest BCUT2D eigenvalue weighted by Gasteiger charge is 2.51.